The van der Waals surface area contributed by atoms with Crippen molar-refractivity contribution >= 4 is 23.2 Å². The summed E-state index contributed by atoms with van der Waals surface area (Å²) in [6.07, 6.45) is 0. The number of benzene rings is 1. The molecule has 0 saturated heterocycles. The van der Waals surface area contributed by atoms with E-state index in [2.05, 4.69) is 4.98 Å². The first kappa shape index (κ1) is 13.2. The number of esters is 1. The number of nitrogens with zero attached hydrogens (tertiary/aromatic N) is 1. The van der Waals surface area contributed by atoms with Gasteiger partial charge in [-0.25, -0.2) is 9.78 Å². The van der Waals surface area contributed by atoms with Crippen LogP contribution in [-0.2, 0) is 9.53 Å². The third kappa shape index (κ3) is 3.38. The molecule has 1 aromatic heterocycles. The van der Waals surface area contributed by atoms with Gasteiger partial charge < -0.3 is 10.5 Å². The van der Waals surface area contributed by atoms with E-state index in [1.807, 2.05) is 18.4 Å². The van der Waals surface area contributed by atoms with E-state index in [1.54, 1.807) is 18.2 Å². The summed E-state index contributed by atoms with van der Waals surface area (Å²) >= 11 is 1.54. The predicted octanol–water partition coefficient (Wildman–Crippen LogP) is 1.76. The highest BCUT2D eigenvalue weighted by atomic mass is 32.1. The van der Waals surface area contributed by atoms with Crippen molar-refractivity contribution in [3.63, 3.8) is 0 Å². The molecule has 98 valence electrons. The Labute approximate surface area is 114 Å². The van der Waals surface area contributed by atoms with Crippen LogP contribution < -0.4 is 5.73 Å². The molecule has 0 bridgehead atoms. The second kappa shape index (κ2) is 5.62. The Morgan fingerprint density at radius 3 is 2.84 bits per heavy atom. The number of rotatable bonds is 4. The molecule has 0 aliphatic carbocycles. The number of hydrogen-bond acceptors (Lipinski definition) is 5. The minimum absolute atomic E-state index is 0.365. The molecule has 0 saturated carbocycles. The lowest BCUT2D eigenvalue weighted by atomic mass is 10.1. The first-order valence-electron chi connectivity index (χ1n) is 5.54. The lowest BCUT2D eigenvalue weighted by Gasteiger charge is -2.03. The molecular weight excluding hydrogens is 264 g/mol. The van der Waals surface area contributed by atoms with Gasteiger partial charge in [-0.1, -0.05) is 12.1 Å². The average molecular weight is 276 g/mol. The molecule has 0 atom stereocenters. The normalized spacial score (nSPS) is 10.2. The van der Waals surface area contributed by atoms with E-state index in [9.17, 15) is 9.59 Å². The number of hydrogen-bond donors (Lipinski definition) is 1. The molecule has 19 heavy (non-hydrogen) atoms. The standard InChI is InChI=1S/C13H12N2O3S/c1-8-15-11(7-19-8)9-3-2-4-10(5-9)13(17)18-6-12(14)16/h2-5,7H,6H2,1H3,(H2,14,16). The first-order chi connectivity index (χ1) is 9.06. The van der Waals surface area contributed by atoms with Gasteiger partial charge in [0, 0.05) is 10.9 Å². The van der Waals surface area contributed by atoms with E-state index in [-0.39, 0.29) is 0 Å². The molecule has 2 aromatic rings. The minimum Gasteiger partial charge on any atom is -0.452 e. The Morgan fingerprint density at radius 1 is 1.42 bits per heavy atom. The molecule has 2 N–H and O–H groups in total. The maximum absolute atomic E-state index is 11.7. The molecule has 1 aromatic carbocycles. The topological polar surface area (TPSA) is 82.3 Å². The van der Waals surface area contributed by atoms with Gasteiger partial charge in [0.15, 0.2) is 6.61 Å². The summed E-state index contributed by atoms with van der Waals surface area (Å²) in [5.74, 6) is -1.26. The summed E-state index contributed by atoms with van der Waals surface area (Å²) in [6.45, 7) is 1.50. The lowest BCUT2D eigenvalue weighted by Crippen LogP contribution is -2.20. The zero-order valence-electron chi connectivity index (χ0n) is 10.3. The van der Waals surface area contributed by atoms with Crippen LogP contribution in [-0.4, -0.2) is 23.5 Å². The third-order valence-corrected chi connectivity index (χ3v) is 3.13. The van der Waals surface area contributed by atoms with Crippen LogP contribution >= 0.6 is 11.3 Å². The molecule has 0 aliphatic heterocycles. The number of carbonyl (C=O) groups is 2. The Bertz CT molecular complexity index is 622. The average Bonchev–Trinajstić information content (AvgIpc) is 2.83. The smallest absolute Gasteiger partial charge is 0.338 e. The van der Waals surface area contributed by atoms with Crippen molar-refractivity contribution in [2.75, 3.05) is 6.61 Å². The molecule has 0 spiro atoms. The Hall–Kier alpha value is -2.21. The number of primary amides is 1. The quantitative estimate of drug-likeness (QED) is 0.863. The van der Waals surface area contributed by atoms with Gasteiger partial charge >= 0.3 is 5.97 Å². The fourth-order valence-corrected chi connectivity index (χ4v) is 2.14. The summed E-state index contributed by atoms with van der Waals surface area (Å²) in [7, 11) is 0. The van der Waals surface area contributed by atoms with Crippen molar-refractivity contribution in [3.05, 3.63) is 40.2 Å². The monoisotopic (exact) mass is 276 g/mol. The highest BCUT2D eigenvalue weighted by Crippen LogP contribution is 2.22. The van der Waals surface area contributed by atoms with Gasteiger partial charge in [0.05, 0.1) is 16.3 Å². The Kier molecular flexibility index (Phi) is 3.91. The van der Waals surface area contributed by atoms with E-state index in [1.165, 1.54) is 11.3 Å². The van der Waals surface area contributed by atoms with Crippen LogP contribution in [0.4, 0.5) is 0 Å². The molecule has 6 heteroatoms. The number of thiazole rings is 1. The Morgan fingerprint density at radius 2 is 2.21 bits per heavy atom. The van der Waals surface area contributed by atoms with Gasteiger partial charge in [0.25, 0.3) is 5.91 Å². The molecule has 0 unspecified atom stereocenters. The highest BCUT2D eigenvalue weighted by Gasteiger charge is 2.10. The van der Waals surface area contributed by atoms with Crippen LogP contribution in [0.1, 0.15) is 15.4 Å². The van der Waals surface area contributed by atoms with Crippen molar-refractivity contribution in [1.29, 1.82) is 0 Å². The van der Waals surface area contributed by atoms with Gasteiger partial charge in [-0.3, -0.25) is 4.79 Å². The van der Waals surface area contributed by atoms with Crippen LogP contribution in [0.3, 0.4) is 0 Å². The number of carbonyl (C=O) groups excluding carboxylic acids is 2. The molecule has 2 rings (SSSR count). The van der Waals surface area contributed by atoms with E-state index < -0.39 is 18.5 Å². The van der Waals surface area contributed by atoms with Crippen molar-refractivity contribution in [3.8, 4) is 11.3 Å². The van der Waals surface area contributed by atoms with Crippen molar-refractivity contribution in [2.24, 2.45) is 5.73 Å². The number of ether oxygens (including phenoxy) is 1. The molecule has 0 aliphatic rings. The second-order valence-corrected chi connectivity index (χ2v) is 4.94. The molecule has 1 heterocycles. The van der Waals surface area contributed by atoms with Crippen LogP contribution in [0.5, 0.6) is 0 Å². The number of nitrogens with two attached hydrogens (primary N) is 1. The van der Waals surface area contributed by atoms with Crippen LogP contribution in [0, 0.1) is 6.92 Å². The molecular formula is C13H12N2O3S. The van der Waals surface area contributed by atoms with E-state index >= 15 is 0 Å². The van der Waals surface area contributed by atoms with Gasteiger partial charge in [0.1, 0.15) is 0 Å². The number of amides is 1. The third-order valence-electron chi connectivity index (χ3n) is 2.36. The van der Waals surface area contributed by atoms with Crippen LogP contribution in [0.25, 0.3) is 11.3 Å². The lowest BCUT2D eigenvalue weighted by molar-refractivity contribution is -0.121. The SMILES string of the molecule is Cc1nc(-c2cccc(C(=O)OCC(N)=O)c2)cs1. The maximum atomic E-state index is 11.7. The second-order valence-electron chi connectivity index (χ2n) is 3.88. The summed E-state index contributed by atoms with van der Waals surface area (Å²) in [6, 6.07) is 6.90. The molecule has 0 fully saturated rings. The maximum Gasteiger partial charge on any atom is 0.338 e. The minimum atomic E-state index is -0.681. The number of aryl methyl sites for hydroxylation is 1. The largest absolute Gasteiger partial charge is 0.452 e. The Balaban J connectivity index is 2.19. The zero-order valence-corrected chi connectivity index (χ0v) is 11.1. The van der Waals surface area contributed by atoms with E-state index in [0.29, 0.717) is 5.56 Å². The number of aromatic nitrogens is 1. The zero-order chi connectivity index (χ0) is 13.8. The summed E-state index contributed by atoms with van der Waals surface area (Å²) in [4.78, 5) is 26.6. The predicted molar refractivity (Wildman–Crippen MR) is 71.8 cm³/mol. The van der Waals surface area contributed by atoms with Crippen molar-refractivity contribution in [1.82, 2.24) is 4.98 Å². The van der Waals surface area contributed by atoms with E-state index in [0.717, 1.165) is 16.3 Å². The first-order valence-corrected chi connectivity index (χ1v) is 6.42. The fourth-order valence-electron chi connectivity index (χ4n) is 1.52. The highest BCUT2D eigenvalue weighted by molar-refractivity contribution is 7.09. The van der Waals surface area contributed by atoms with Crippen molar-refractivity contribution < 1.29 is 14.3 Å². The molecule has 1 amide bonds. The fraction of sp³-hybridized carbons (Fsp3) is 0.154. The van der Waals surface area contributed by atoms with Crippen LogP contribution in [0.2, 0.25) is 0 Å². The van der Waals surface area contributed by atoms with E-state index in [4.69, 9.17) is 10.5 Å². The van der Waals surface area contributed by atoms with Gasteiger partial charge in [0.2, 0.25) is 0 Å². The van der Waals surface area contributed by atoms with Crippen LogP contribution in [0.15, 0.2) is 29.6 Å². The van der Waals surface area contributed by atoms with Gasteiger partial charge in [-0.05, 0) is 19.1 Å². The molecule has 0 radical (unpaired) electrons. The summed E-state index contributed by atoms with van der Waals surface area (Å²) in [5.41, 5.74) is 6.93. The molecule has 5 nitrogen and oxygen atoms in total. The summed E-state index contributed by atoms with van der Waals surface area (Å²) < 4.78 is 4.75. The van der Waals surface area contributed by atoms with Gasteiger partial charge in [-0.2, -0.15) is 0 Å². The van der Waals surface area contributed by atoms with Crippen molar-refractivity contribution in [2.45, 2.75) is 6.92 Å². The van der Waals surface area contributed by atoms with Gasteiger partial charge in [-0.15, -0.1) is 11.3 Å². The summed E-state index contributed by atoms with van der Waals surface area (Å²) in [5, 5.41) is 2.88.